The molecule has 0 radical (unpaired) electrons. The van der Waals surface area contributed by atoms with E-state index in [1.807, 2.05) is 13.8 Å². The van der Waals surface area contributed by atoms with Gasteiger partial charge in [0.1, 0.15) is 16.7 Å². The zero-order valence-electron chi connectivity index (χ0n) is 10.8. The Balaban J connectivity index is 2.39. The molecule has 2 aromatic rings. The molecule has 0 unspecified atom stereocenters. The fourth-order valence-electron chi connectivity index (χ4n) is 1.40. The van der Waals surface area contributed by atoms with Crippen LogP contribution in [0.15, 0.2) is 18.5 Å². The Kier molecular flexibility index (Phi) is 4.22. The van der Waals surface area contributed by atoms with E-state index in [0.29, 0.717) is 33.2 Å². The summed E-state index contributed by atoms with van der Waals surface area (Å²) in [6, 6.07) is 1.67. The van der Waals surface area contributed by atoms with Crippen LogP contribution in [0.1, 0.15) is 31.2 Å². The summed E-state index contributed by atoms with van der Waals surface area (Å²) in [7, 11) is 0. The van der Waals surface area contributed by atoms with Crippen LogP contribution in [0.25, 0.3) is 0 Å². The Bertz CT molecular complexity index is 602. The predicted molar refractivity (Wildman–Crippen MR) is 75.2 cm³/mol. The molecule has 0 saturated carbocycles. The minimum Gasteiger partial charge on any atom is -0.437 e. The summed E-state index contributed by atoms with van der Waals surface area (Å²) in [4.78, 5) is 12.6. The maximum atomic E-state index is 6.09. The summed E-state index contributed by atoms with van der Waals surface area (Å²) in [5.74, 6) is 1.74. The van der Waals surface area contributed by atoms with Crippen LogP contribution in [-0.2, 0) is 0 Å². The number of ether oxygens (including phenoxy) is 1. The van der Waals surface area contributed by atoms with Gasteiger partial charge in [-0.25, -0.2) is 4.98 Å². The molecule has 4 nitrogen and oxygen atoms in total. The standard InChI is InChI=1S/C13H13Cl2N3O/c1-7(2)12-17-11(15)8(3)13(18-12)19-10-4-9(14)5-16-6-10/h4-7H,1-3H3. The highest BCUT2D eigenvalue weighted by molar-refractivity contribution is 6.30. The molecule has 0 saturated heterocycles. The van der Waals surface area contributed by atoms with E-state index in [4.69, 9.17) is 27.9 Å². The maximum absolute atomic E-state index is 6.09. The number of hydrogen-bond donors (Lipinski definition) is 0. The molecule has 0 fully saturated rings. The van der Waals surface area contributed by atoms with E-state index in [-0.39, 0.29) is 5.92 Å². The molecule has 2 rings (SSSR count). The normalized spacial score (nSPS) is 10.8. The predicted octanol–water partition coefficient (Wildman–Crippen LogP) is 4.40. The van der Waals surface area contributed by atoms with E-state index in [1.54, 1.807) is 19.2 Å². The average molecular weight is 298 g/mol. The van der Waals surface area contributed by atoms with Gasteiger partial charge in [-0.05, 0) is 6.92 Å². The maximum Gasteiger partial charge on any atom is 0.227 e. The van der Waals surface area contributed by atoms with Crippen LogP contribution >= 0.6 is 23.2 Å². The molecule has 0 N–H and O–H groups in total. The number of nitrogens with zero attached hydrogens (tertiary/aromatic N) is 3. The van der Waals surface area contributed by atoms with Crippen molar-refractivity contribution in [3.8, 4) is 11.6 Å². The SMILES string of the molecule is Cc1c(Cl)nc(C(C)C)nc1Oc1cncc(Cl)c1. The highest BCUT2D eigenvalue weighted by Crippen LogP contribution is 2.29. The molecule has 0 spiro atoms. The molecule has 6 heteroatoms. The van der Waals surface area contributed by atoms with E-state index in [9.17, 15) is 0 Å². The highest BCUT2D eigenvalue weighted by atomic mass is 35.5. The largest absolute Gasteiger partial charge is 0.437 e. The van der Waals surface area contributed by atoms with Crippen molar-refractivity contribution >= 4 is 23.2 Å². The van der Waals surface area contributed by atoms with Crippen molar-refractivity contribution in [1.29, 1.82) is 0 Å². The minimum absolute atomic E-state index is 0.165. The molecule has 0 aliphatic carbocycles. The zero-order valence-corrected chi connectivity index (χ0v) is 12.3. The molecule has 0 amide bonds. The van der Waals surface area contributed by atoms with E-state index < -0.39 is 0 Å². The van der Waals surface area contributed by atoms with Crippen molar-refractivity contribution in [1.82, 2.24) is 15.0 Å². The van der Waals surface area contributed by atoms with Crippen LogP contribution in [0.5, 0.6) is 11.6 Å². The second kappa shape index (κ2) is 5.72. The first kappa shape index (κ1) is 14.0. The van der Waals surface area contributed by atoms with Gasteiger partial charge in [0, 0.05) is 23.7 Å². The van der Waals surface area contributed by atoms with Crippen molar-refractivity contribution in [3.63, 3.8) is 0 Å². The van der Waals surface area contributed by atoms with Gasteiger partial charge in [0.05, 0.1) is 11.2 Å². The summed E-state index contributed by atoms with van der Waals surface area (Å²) in [5, 5.41) is 0.892. The van der Waals surface area contributed by atoms with Crippen LogP contribution in [0.4, 0.5) is 0 Å². The van der Waals surface area contributed by atoms with Crippen LogP contribution in [0.3, 0.4) is 0 Å². The van der Waals surface area contributed by atoms with E-state index in [0.717, 1.165) is 0 Å². The number of halogens is 2. The van der Waals surface area contributed by atoms with Crippen LogP contribution in [-0.4, -0.2) is 15.0 Å². The molecular formula is C13H13Cl2N3O. The molecule has 19 heavy (non-hydrogen) atoms. The minimum atomic E-state index is 0.165. The Morgan fingerprint density at radius 2 is 1.89 bits per heavy atom. The van der Waals surface area contributed by atoms with Crippen LogP contribution < -0.4 is 4.74 Å². The van der Waals surface area contributed by atoms with Gasteiger partial charge in [0.2, 0.25) is 5.88 Å². The Labute approximate surface area is 121 Å². The van der Waals surface area contributed by atoms with Crippen molar-refractivity contribution in [2.45, 2.75) is 26.7 Å². The molecule has 2 aromatic heterocycles. The van der Waals surface area contributed by atoms with E-state index in [2.05, 4.69) is 15.0 Å². The number of aromatic nitrogens is 3. The number of hydrogen-bond acceptors (Lipinski definition) is 4. The Morgan fingerprint density at radius 1 is 1.16 bits per heavy atom. The summed E-state index contributed by atoms with van der Waals surface area (Å²) >= 11 is 12.0. The molecule has 0 atom stereocenters. The first-order valence-electron chi connectivity index (χ1n) is 5.80. The quantitative estimate of drug-likeness (QED) is 0.788. The lowest BCUT2D eigenvalue weighted by atomic mass is 10.2. The second-order valence-electron chi connectivity index (χ2n) is 4.40. The summed E-state index contributed by atoms with van der Waals surface area (Å²) in [5.41, 5.74) is 0.686. The van der Waals surface area contributed by atoms with Gasteiger partial charge >= 0.3 is 0 Å². The van der Waals surface area contributed by atoms with Gasteiger partial charge in [-0.3, -0.25) is 4.98 Å². The molecule has 0 aliphatic heterocycles. The lowest BCUT2D eigenvalue weighted by molar-refractivity contribution is 0.450. The monoisotopic (exact) mass is 297 g/mol. The zero-order chi connectivity index (χ0) is 14.0. The third-order valence-electron chi connectivity index (χ3n) is 2.47. The summed E-state index contributed by atoms with van der Waals surface area (Å²) < 4.78 is 5.68. The molecule has 2 heterocycles. The van der Waals surface area contributed by atoms with Gasteiger partial charge in [0.15, 0.2) is 0 Å². The molecular weight excluding hydrogens is 285 g/mol. The third-order valence-corrected chi connectivity index (χ3v) is 3.04. The Hall–Kier alpha value is -1.39. The first-order valence-corrected chi connectivity index (χ1v) is 6.55. The van der Waals surface area contributed by atoms with Gasteiger partial charge in [0.25, 0.3) is 0 Å². The van der Waals surface area contributed by atoms with Crippen molar-refractivity contribution in [2.24, 2.45) is 0 Å². The second-order valence-corrected chi connectivity index (χ2v) is 5.19. The lowest BCUT2D eigenvalue weighted by Crippen LogP contribution is -2.02. The summed E-state index contributed by atoms with van der Waals surface area (Å²) in [6.07, 6.45) is 3.10. The van der Waals surface area contributed by atoms with Gasteiger partial charge in [-0.2, -0.15) is 4.98 Å². The fraction of sp³-hybridized carbons (Fsp3) is 0.308. The van der Waals surface area contributed by atoms with Gasteiger partial charge < -0.3 is 4.74 Å². The molecule has 100 valence electrons. The third kappa shape index (κ3) is 3.33. The Morgan fingerprint density at radius 3 is 2.53 bits per heavy atom. The molecule has 0 aliphatic rings. The average Bonchev–Trinajstić information content (AvgIpc) is 2.34. The van der Waals surface area contributed by atoms with Crippen molar-refractivity contribution in [3.05, 3.63) is 40.0 Å². The smallest absolute Gasteiger partial charge is 0.227 e. The highest BCUT2D eigenvalue weighted by Gasteiger charge is 2.13. The lowest BCUT2D eigenvalue weighted by Gasteiger charge is -2.11. The van der Waals surface area contributed by atoms with Crippen LogP contribution in [0.2, 0.25) is 10.2 Å². The van der Waals surface area contributed by atoms with E-state index >= 15 is 0 Å². The van der Waals surface area contributed by atoms with Gasteiger partial charge in [-0.1, -0.05) is 37.0 Å². The van der Waals surface area contributed by atoms with Crippen molar-refractivity contribution < 1.29 is 4.74 Å². The fourth-order valence-corrected chi connectivity index (χ4v) is 1.73. The topological polar surface area (TPSA) is 47.9 Å². The summed E-state index contributed by atoms with van der Waals surface area (Å²) in [6.45, 7) is 5.79. The molecule has 0 aromatic carbocycles. The van der Waals surface area contributed by atoms with Gasteiger partial charge in [-0.15, -0.1) is 0 Å². The van der Waals surface area contributed by atoms with Crippen molar-refractivity contribution in [2.75, 3.05) is 0 Å². The van der Waals surface area contributed by atoms with E-state index in [1.165, 1.54) is 6.20 Å². The number of rotatable bonds is 3. The number of pyridine rings is 1. The first-order chi connectivity index (χ1) is 8.97. The molecule has 0 bridgehead atoms. The van der Waals surface area contributed by atoms with Crippen LogP contribution in [0, 0.1) is 6.92 Å².